The zero-order chi connectivity index (χ0) is 20.5. The van der Waals surface area contributed by atoms with E-state index in [9.17, 15) is 0 Å². The van der Waals surface area contributed by atoms with Crippen LogP contribution in [0.15, 0.2) is 36.5 Å². The zero-order valence-corrected chi connectivity index (χ0v) is 18.5. The van der Waals surface area contributed by atoms with Gasteiger partial charge in [0.15, 0.2) is 0 Å². The molecule has 2 heterocycles. The quantitative estimate of drug-likeness (QED) is 0.477. The van der Waals surface area contributed by atoms with E-state index in [1.165, 1.54) is 39.0 Å². The van der Waals surface area contributed by atoms with Crippen molar-refractivity contribution >= 4 is 10.9 Å². The van der Waals surface area contributed by atoms with Crippen molar-refractivity contribution < 1.29 is 4.74 Å². The average molecular weight is 379 g/mol. The first kappa shape index (κ1) is 20.6. The van der Waals surface area contributed by atoms with Crippen LogP contribution in [0.25, 0.3) is 22.2 Å². The second-order valence-corrected chi connectivity index (χ2v) is 8.96. The first-order valence-corrected chi connectivity index (χ1v) is 10.3. The molecule has 0 radical (unpaired) electrons. The van der Waals surface area contributed by atoms with Crippen LogP contribution in [0.1, 0.15) is 57.4 Å². The lowest BCUT2D eigenvalue weighted by atomic mass is 9.84. The minimum Gasteiger partial charge on any atom is -0.384 e. The summed E-state index contributed by atoms with van der Waals surface area (Å²) in [5, 5.41) is 1.36. The van der Waals surface area contributed by atoms with Gasteiger partial charge in [0.1, 0.15) is 0 Å². The molecule has 3 nitrogen and oxygen atoms in total. The number of fused-ring (bicyclic) bond motifs is 1. The van der Waals surface area contributed by atoms with E-state index in [1.54, 1.807) is 7.11 Å². The Morgan fingerprint density at radius 2 is 1.93 bits per heavy atom. The van der Waals surface area contributed by atoms with Crippen molar-refractivity contribution in [3.8, 4) is 11.3 Å². The van der Waals surface area contributed by atoms with Crippen molar-refractivity contribution in [1.82, 2.24) is 9.55 Å². The Hall–Kier alpha value is -2.13. The lowest BCUT2D eigenvalue weighted by Crippen LogP contribution is -2.21. The van der Waals surface area contributed by atoms with E-state index in [4.69, 9.17) is 9.72 Å². The summed E-state index contributed by atoms with van der Waals surface area (Å²) in [5.74, 6) is 0.376. The Morgan fingerprint density at radius 1 is 1.18 bits per heavy atom. The second kappa shape index (κ2) is 8.08. The fourth-order valence-corrected chi connectivity index (χ4v) is 4.35. The molecule has 0 saturated heterocycles. The Bertz CT molecular complexity index is 966. The molecule has 28 heavy (non-hydrogen) atoms. The van der Waals surface area contributed by atoms with Crippen molar-refractivity contribution in [2.24, 2.45) is 5.41 Å². The van der Waals surface area contributed by atoms with Crippen molar-refractivity contribution in [2.75, 3.05) is 13.7 Å². The number of aromatic nitrogens is 2. The molecule has 0 bridgehead atoms. The van der Waals surface area contributed by atoms with Gasteiger partial charge in [-0.15, -0.1) is 0 Å². The molecule has 0 atom stereocenters. The number of hydrogen-bond donors (Lipinski definition) is 0. The molecule has 0 aliphatic carbocycles. The summed E-state index contributed by atoms with van der Waals surface area (Å²) in [6.07, 6.45) is 2.88. The van der Waals surface area contributed by atoms with Crippen LogP contribution in [-0.2, 0) is 17.7 Å². The number of rotatable bonds is 7. The predicted molar refractivity (Wildman–Crippen MR) is 119 cm³/mol. The highest BCUT2D eigenvalue weighted by Gasteiger charge is 2.27. The van der Waals surface area contributed by atoms with Crippen LogP contribution in [-0.4, -0.2) is 23.3 Å². The van der Waals surface area contributed by atoms with Crippen LogP contribution < -0.4 is 0 Å². The Kier molecular flexibility index (Phi) is 5.95. The van der Waals surface area contributed by atoms with Crippen LogP contribution in [0.2, 0.25) is 0 Å². The summed E-state index contributed by atoms with van der Waals surface area (Å²) >= 11 is 0. The fourth-order valence-electron chi connectivity index (χ4n) is 4.35. The van der Waals surface area contributed by atoms with Gasteiger partial charge < -0.3 is 9.30 Å². The molecule has 3 rings (SSSR count). The van der Waals surface area contributed by atoms with Gasteiger partial charge in [-0.25, -0.2) is 0 Å². The molecule has 1 aromatic carbocycles. The molecule has 0 saturated carbocycles. The standard InChI is InChI=1S/C25H34N2O/c1-8-27-22-12-11-18(4)14-20(22)21(15-25(5,6)16-28-7)24(27)19-10-9-13-26-23(19)17(2)3/h9-14,17H,8,15-16H2,1-7H3. The van der Waals surface area contributed by atoms with Crippen LogP contribution in [0, 0.1) is 12.3 Å². The molecule has 0 N–H and O–H groups in total. The molecule has 2 aromatic heterocycles. The summed E-state index contributed by atoms with van der Waals surface area (Å²) in [4.78, 5) is 4.75. The third kappa shape index (κ3) is 3.86. The Morgan fingerprint density at radius 3 is 2.57 bits per heavy atom. The summed E-state index contributed by atoms with van der Waals surface area (Å²) in [5.41, 5.74) is 7.83. The Labute approximate surface area is 169 Å². The monoisotopic (exact) mass is 378 g/mol. The number of ether oxygens (including phenoxy) is 1. The molecule has 0 fully saturated rings. The van der Waals surface area contributed by atoms with E-state index in [1.807, 2.05) is 6.20 Å². The van der Waals surface area contributed by atoms with Crippen molar-refractivity contribution in [3.05, 3.63) is 53.3 Å². The van der Waals surface area contributed by atoms with Crippen molar-refractivity contribution in [1.29, 1.82) is 0 Å². The van der Waals surface area contributed by atoms with Gasteiger partial charge in [0.05, 0.1) is 18.0 Å². The first-order valence-electron chi connectivity index (χ1n) is 10.3. The summed E-state index contributed by atoms with van der Waals surface area (Å²) < 4.78 is 8.00. The number of benzene rings is 1. The second-order valence-electron chi connectivity index (χ2n) is 8.96. The molecule has 0 aliphatic rings. The fraction of sp³-hybridized carbons (Fsp3) is 0.480. The molecule has 0 unspecified atom stereocenters. The van der Waals surface area contributed by atoms with Gasteiger partial charge in [0.2, 0.25) is 0 Å². The van der Waals surface area contributed by atoms with Gasteiger partial charge >= 0.3 is 0 Å². The van der Waals surface area contributed by atoms with Gasteiger partial charge in [-0.2, -0.15) is 0 Å². The summed E-state index contributed by atoms with van der Waals surface area (Å²) in [7, 11) is 1.79. The highest BCUT2D eigenvalue weighted by molar-refractivity contribution is 5.93. The molecule has 0 amide bonds. The molecule has 0 spiro atoms. The van der Waals surface area contributed by atoms with Gasteiger partial charge in [0.25, 0.3) is 0 Å². The molecular formula is C25H34N2O. The number of methoxy groups -OCH3 is 1. The van der Waals surface area contributed by atoms with Gasteiger partial charge in [0, 0.05) is 36.3 Å². The largest absolute Gasteiger partial charge is 0.384 e. The summed E-state index contributed by atoms with van der Waals surface area (Å²) in [6.45, 7) is 15.1. The minimum absolute atomic E-state index is 0.0559. The number of pyridine rings is 1. The number of hydrogen-bond acceptors (Lipinski definition) is 2. The Balaban J connectivity index is 2.36. The van der Waals surface area contributed by atoms with E-state index >= 15 is 0 Å². The van der Waals surface area contributed by atoms with E-state index in [-0.39, 0.29) is 5.41 Å². The molecule has 3 heteroatoms. The normalized spacial score (nSPS) is 12.3. The number of nitrogens with zero attached hydrogens (tertiary/aromatic N) is 2. The maximum atomic E-state index is 5.54. The van der Waals surface area contributed by atoms with Gasteiger partial charge in [-0.05, 0) is 61.4 Å². The molecule has 0 aliphatic heterocycles. The topological polar surface area (TPSA) is 27.1 Å². The average Bonchev–Trinajstić information content (AvgIpc) is 2.93. The van der Waals surface area contributed by atoms with E-state index in [0.29, 0.717) is 5.92 Å². The minimum atomic E-state index is 0.0559. The van der Waals surface area contributed by atoms with E-state index in [0.717, 1.165) is 19.6 Å². The SMILES string of the molecule is CCn1c(-c2cccnc2C(C)C)c(CC(C)(C)COC)c2cc(C)ccc21. The molecule has 150 valence electrons. The third-order valence-corrected chi connectivity index (χ3v) is 5.47. The van der Waals surface area contributed by atoms with Gasteiger partial charge in [-0.1, -0.05) is 39.3 Å². The smallest absolute Gasteiger partial charge is 0.0542 e. The van der Waals surface area contributed by atoms with Crippen LogP contribution in [0.4, 0.5) is 0 Å². The number of aryl methyl sites for hydroxylation is 2. The lowest BCUT2D eigenvalue weighted by Gasteiger charge is -2.25. The summed E-state index contributed by atoms with van der Waals surface area (Å²) in [6, 6.07) is 11.1. The first-order chi connectivity index (χ1) is 13.3. The van der Waals surface area contributed by atoms with Gasteiger partial charge in [-0.3, -0.25) is 4.98 Å². The maximum absolute atomic E-state index is 5.54. The third-order valence-electron chi connectivity index (χ3n) is 5.47. The lowest BCUT2D eigenvalue weighted by molar-refractivity contribution is 0.105. The van der Waals surface area contributed by atoms with Crippen LogP contribution in [0.3, 0.4) is 0 Å². The maximum Gasteiger partial charge on any atom is 0.0542 e. The highest BCUT2D eigenvalue weighted by Crippen LogP contribution is 2.40. The zero-order valence-electron chi connectivity index (χ0n) is 18.5. The van der Waals surface area contributed by atoms with Crippen LogP contribution >= 0.6 is 0 Å². The van der Waals surface area contributed by atoms with Crippen molar-refractivity contribution in [3.63, 3.8) is 0 Å². The molecule has 3 aromatic rings. The van der Waals surface area contributed by atoms with Crippen molar-refractivity contribution in [2.45, 2.75) is 60.4 Å². The van der Waals surface area contributed by atoms with Crippen LogP contribution in [0.5, 0.6) is 0 Å². The molecular weight excluding hydrogens is 344 g/mol. The highest BCUT2D eigenvalue weighted by atomic mass is 16.5. The predicted octanol–water partition coefficient (Wildman–Crippen LogP) is 6.37. The van der Waals surface area contributed by atoms with E-state index in [2.05, 4.69) is 76.4 Å². The van der Waals surface area contributed by atoms with E-state index < -0.39 is 0 Å².